The Hall–Kier alpha value is -1.59. The molecule has 1 aromatic rings. The third-order valence-corrected chi connectivity index (χ3v) is 3.65. The van der Waals surface area contributed by atoms with Crippen LogP contribution in [0.4, 0.5) is 0 Å². The molecule has 116 valence electrons. The second-order valence-corrected chi connectivity index (χ2v) is 5.51. The fourth-order valence-corrected chi connectivity index (χ4v) is 2.25. The number of aromatic hydroxyl groups is 1. The van der Waals surface area contributed by atoms with Gasteiger partial charge >= 0.3 is 5.97 Å². The van der Waals surface area contributed by atoms with E-state index in [0.717, 1.165) is 19.3 Å². The lowest BCUT2D eigenvalue weighted by molar-refractivity contribution is -0.141. The number of benzene rings is 1. The van der Waals surface area contributed by atoms with Crippen LogP contribution in [0.25, 0.3) is 0 Å². The molecule has 1 atom stereocenters. The normalized spacial score (nSPS) is 13.7. The molecular formula is C15H20ClNO4. The van der Waals surface area contributed by atoms with Crippen LogP contribution in [0.1, 0.15) is 49.4 Å². The third kappa shape index (κ3) is 4.19. The molecule has 0 aliphatic rings. The van der Waals surface area contributed by atoms with Crippen molar-refractivity contribution in [2.75, 3.05) is 0 Å². The number of carboxylic acid groups (broad SMARTS) is 1. The monoisotopic (exact) mass is 313 g/mol. The van der Waals surface area contributed by atoms with E-state index in [4.69, 9.17) is 17.3 Å². The number of phenolic OH excluding ortho intramolecular Hbond substituents is 1. The van der Waals surface area contributed by atoms with Gasteiger partial charge in [-0.1, -0.05) is 44.2 Å². The van der Waals surface area contributed by atoms with Crippen molar-refractivity contribution in [3.05, 3.63) is 28.8 Å². The van der Waals surface area contributed by atoms with Crippen LogP contribution in [0.15, 0.2) is 18.2 Å². The number of phenols is 1. The molecule has 0 bridgehead atoms. The largest absolute Gasteiger partial charge is 0.507 e. The Morgan fingerprint density at radius 3 is 2.52 bits per heavy atom. The summed E-state index contributed by atoms with van der Waals surface area (Å²) in [4.78, 5) is 23.9. The van der Waals surface area contributed by atoms with Crippen LogP contribution >= 0.6 is 11.6 Å². The zero-order chi connectivity index (χ0) is 16.0. The number of rotatable bonds is 8. The minimum Gasteiger partial charge on any atom is -0.507 e. The molecule has 0 radical (unpaired) electrons. The van der Waals surface area contributed by atoms with Crippen LogP contribution in [-0.2, 0) is 4.79 Å². The molecule has 0 aromatic heterocycles. The van der Waals surface area contributed by atoms with Crippen LogP contribution in [0.3, 0.4) is 0 Å². The van der Waals surface area contributed by atoms with Gasteiger partial charge in [0.1, 0.15) is 5.75 Å². The number of aliphatic carboxylic acids is 1. The van der Waals surface area contributed by atoms with Gasteiger partial charge in [-0.25, -0.2) is 4.79 Å². The predicted molar refractivity (Wildman–Crippen MR) is 80.8 cm³/mol. The highest BCUT2D eigenvalue weighted by atomic mass is 35.5. The van der Waals surface area contributed by atoms with Crippen LogP contribution in [0.2, 0.25) is 5.02 Å². The van der Waals surface area contributed by atoms with Crippen molar-refractivity contribution in [1.82, 2.24) is 0 Å². The zero-order valence-electron chi connectivity index (χ0n) is 11.9. The van der Waals surface area contributed by atoms with E-state index in [9.17, 15) is 19.8 Å². The molecule has 0 fully saturated rings. The number of Topliss-reactive ketones (excluding diaryl/α,β-unsaturated/α-hetero) is 1. The fraction of sp³-hybridized carbons (Fsp3) is 0.467. The van der Waals surface area contributed by atoms with E-state index < -0.39 is 17.3 Å². The molecule has 21 heavy (non-hydrogen) atoms. The van der Waals surface area contributed by atoms with E-state index in [1.165, 1.54) is 18.2 Å². The number of carbonyl (C=O) groups is 2. The molecule has 6 heteroatoms. The maximum Gasteiger partial charge on any atom is 0.331 e. The summed E-state index contributed by atoms with van der Waals surface area (Å²) >= 11 is 5.78. The van der Waals surface area contributed by atoms with Crippen molar-refractivity contribution in [3.8, 4) is 5.75 Å². The number of unbranched alkanes of at least 4 members (excludes halogenated alkanes) is 3. The van der Waals surface area contributed by atoms with Gasteiger partial charge in [0.25, 0.3) is 0 Å². The summed E-state index contributed by atoms with van der Waals surface area (Å²) in [6.45, 7) is 2.03. The lowest BCUT2D eigenvalue weighted by Crippen LogP contribution is -2.54. The molecule has 0 spiro atoms. The Labute approximate surface area is 128 Å². The first-order valence-corrected chi connectivity index (χ1v) is 7.26. The molecular weight excluding hydrogens is 294 g/mol. The molecule has 0 aliphatic heterocycles. The zero-order valence-corrected chi connectivity index (χ0v) is 12.7. The Kier molecular flexibility index (Phi) is 6.18. The van der Waals surface area contributed by atoms with E-state index >= 15 is 0 Å². The summed E-state index contributed by atoms with van der Waals surface area (Å²) in [6.07, 6.45) is 3.30. The Morgan fingerprint density at radius 1 is 1.29 bits per heavy atom. The summed E-state index contributed by atoms with van der Waals surface area (Å²) in [5, 5.41) is 19.3. The summed E-state index contributed by atoms with van der Waals surface area (Å²) < 4.78 is 0. The number of ketones is 1. The first-order valence-electron chi connectivity index (χ1n) is 6.88. The molecule has 0 saturated carbocycles. The highest BCUT2D eigenvalue weighted by molar-refractivity contribution is 6.31. The first kappa shape index (κ1) is 17.5. The Morgan fingerprint density at radius 2 is 1.95 bits per heavy atom. The molecule has 5 nitrogen and oxygen atoms in total. The number of nitrogens with two attached hydrogens (primary N) is 1. The quantitative estimate of drug-likeness (QED) is 0.389. The standard InChI is InChI=1S/C15H20ClNO4/c1-2-3-4-5-8-15(17,14(20)21)13(19)11-9-10(16)6-7-12(11)18/h6-7,9,18H,2-5,8,17H2,1H3,(H,20,21). The Balaban J connectivity index is 3.01. The van der Waals surface area contributed by atoms with Crippen molar-refractivity contribution in [3.63, 3.8) is 0 Å². The number of hydrogen-bond acceptors (Lipinski definition) is 4. The van der Waals surface area contributed by atoms with E-state index in [1.807, 2.05) is 6.92 Å². The number of halogens is 1. The number of carbonyl (C=O) groups excluding carboxylic acids is 1. The second kappa shape index (κ2) is 7.43. The second-order valence-electron chi connectivity index (χ2n) is 5.08. The SMILES string of the molecule is CCCCCCC(N)(C(=O)O)C(=O)c1cc(Cl)ccc1O. The summed E-state index contributed by atoms with van der Waals surface area (Å²) in [7, 11) is 0. The average molecular weight is 314 g/mol. The lowest BCUT2D eigenvalue weighted by Gasteiger charge is -2.23. The van der Waals surface area contributed by atoms with Crippen molar-refractivity contribution in [2.45, 2.75) is 44.6 Å². The highest BCUT2D eigenvalue weighted by Crippen LogP contribution is 2.27. The van der Waals surface area contributed by atoms with Gasteiger partial charge in [0.15, 0.2) is 11.3 Å². The smallest absolute Gasteiger partial charge is 0.331 e. The topological polar surface area (TPSA) is 101 Å². The molecule has 1 unspecified atom stereocenters. The molecule has 0 amide bonds. The predicted octanol–water partition coefficient (Wildman–Crippen LogP) is 2.98. The van der Waals surface area contributed by atoms with Gasteiger partial charge in [-0.2, -0.15) is 0 Å². The minimum atomic E-state index is -2.05. The van der Waals surface area contributed by atoms with Crippen molar-refractivity contribution < 1.29 is 19.8 Å². The van der Waals surface area contributed by atoms with Crippen LogP contribution in [0.5, 0.6) is 5.75 Å². The molecule has 1 rings (SSSR count). The Bertz CT molecular complexity index is 532. The van der Waals surface area contributed by atoms with Crippen molar-refractivity contribution in [1.29, 1.82) is 0 Å². The molecule has 0 heterocycles. The van der Waals surface area contributed by atoms with Gasteiger partial charge < -0.3 is 15.9 Å². The molecule has 0 saturated heterocycles. The van der Waals surface area contributed by atoms with E-state index in [2.05, 4.69) is 0 Å². The molecule has 4 N–H and O–H groups in total. The van der Waals surface area contributed by atoms with Gasteiger partial charge in [-0.3, -0.25) is 4.79 Å². The maximum absolute atomic E-state index is 12.4. The van der Waals surface area contributed by atoms with E-state index in [1.54, 1.807) is 0 Å². The van der Waals surface area contributed by atoms with Crippen LogP contribution < -0.4 is 5.73 Å². The third-order valence-electron chi connectivity index (χ3n) is 3.41. The molecule has 1 aromatic carbocycles. The van der Waals surface area contributed by atoms with Gasteiger partial charge in [-0.05, 0) is 24.6 Å². The summed E-state index contributed by atoms with van der Waals surface area (Å²) in [6, 6.07) is 3.89. The average Bonchev–Trinajstić information content (AvgIpc) is 2.45. The molecule has 0 aliphatic carbocycles. The fourth-order valence-electron chi connectivity index (χ4n) is 2.08. The van der Waals surface area contributed by atoms with E-state index in [-0.39, 0.29) is 22.8 Å². The summed E-state index contributed by atoms with van der Waals surface area (Å²) in [5.74, 6) is -2.55. The minimum absolute atomic E-state index is 0.0210. The van der Waals surface area contributed by atoms with E-state index in [0.29, 0.717) is 6.42 Å². The van der Waals surface area contributed by atoms with Crippen LogP contribution in [0, 0.1) is 0 Å². The van der Waals surface area contributed by atoms with Gasteiger partial charge in [0.2, 0.25) is 0 Å². The van der Waals surface area contributed by atoms with Crippen molar-refractivity contribution >= 4 is 23.4 Å². The van der Waals surface area contributed by atoms with Crippen LogP contribution in [-0.4, -0.2) is 27.5 Å². The number of hydrogen-bond donors (Lipinski definition) is 3. The maximum atomic E-state index is 12.4. The van der Waals surface area contributed by atoms with Crippen molar-refractivity contribution in [2.24, 2.45) is 5.73 Å². The highest BCUT2D eigenvalue weighted by Gasteiger charge is 2.43. The number of carboxylic acids is 1. The first-order chi connectivity index (χ1) is 9.82. The lowest BCUT2D eigenvalue weighted by atomic mass is 9.85. The van der Waals surface area contributed by atoms with Gasteiger partial charge in [0.05, 0.1) is 5.56 Å². The summed E-state index contributed by atoms with van der Waals surface area (Å²) in [5.41, 5.74) is 3.60. The van der Waals surface area contributed by atoms with Gasteiger partial charge in [0, 0.05) is 5.02 Å². The van der Waals surface area contributed by atoms with Gasteiger partial charge in [-0.15, -0.1) is 0 Å².